The monoisotopic (exact) mass is 268 g/mol. The van der Waals surface area contributed by atoms with Crippen LogP contribution in [0, 0.1) is 0 Å². The number of rotatable bonds is 6. The van der Waals surface area contributed by atoms with E-state index < -0.39 is 24.1 Å². The van der Waals surface area contributed by atoms with Crippen LogP contribution in [0.25, 0.3) is 0 Å². The van der Waals surface area contributed by atoms with Crippen LogP contribution in [0.3, 0.4) is 0 Å². The second-order valence-electron chi connectivity index (χ2n) is 3.71. The van der Waals surface area contributed by atoms with Gasteiger partial charge in [-0.05, 0) is 5.56 Å². The summed E-state index contributed by atoms with van der Waals surface area (Å²) in [5, 5.41) is 9.66. The predicted molar refractivity (Wildman–Crippen MR) is 65.1 cm³/mol. The third-order valence-corrected chi connectivity index (χ3v) is 2.44. The molecule has 0 spiro atoms. The summed E-state index contributed by atoms with van der Waals surface area (Å²) in [6, 6.07) is 9.04. The Hall–Kier alpha value is -1.92. The molecule has 0 heterocycles. The molecule has 6 heteroatoms. The van der Waals surface area contributed by atoms with Gasteiger partial charge in [-0.15, -0.1) is 0 Å². The van der Waals surface area contributed by atoms with Crippen LogP contribution in [0.15, 0.2) is 30.3 Å². The number of benzene rings is 1. The fourth-order valence-electron chi connectivity index (χ4n) is 1.41. The number of aliphatic hydroxyl groups is 1. The van der Waals surface area contributed by atoms with Crippen molar-refractivity contribution >= 4 is 11.9 Å². The minimum absolute atomic E-state index is 0.0641. The Bertz CT molecular complexity index is 416. The number of methoxy groups -OCH3 is 2. The van der Waals surface area contributed by atoms with E-state index in [1.54, 1.807) is 12.1 Å². The van der Waals surface area contributed by atoms with E-state index in [0.717, 1.165) is 19.8 Å². The summed E-state index contributed by atoms with van der Waals surface area (Å²) in [6.07, 6.45) is -3.14. The zero-order valence-corrected chi connectivity index (χ0v) is 10.7. The third-order valence-electron chi connectivity index (χ3n) is 2.44. The summed E-state index contributed by atoms with van der Waals surface area (Å²) in [7, 11) is 2.25. The molecular weight excluding hydrogens is 252 g/mol. The van der Waals surface area contributed by atoms with Crippen molar-refractivity contribution in [1.82, 2.24) is 0 Å². The van der Waals surface area contributed by atoms with Crippen molar-refractivity contribution in [3.05, 3.63) is 35.9 Å². The zero-order valence-electron chi connectivity index (χ0n) is 10.7. The van der Waals surface area contributed by atoms with Crippen molar-refractivity contribution in [3.8, 4) is 0 Å². The molecular formula is C13H16O6. The predicted octanol–water partition coefficient (Wildman–Crippen LogP) is 0.279. The summed E-state index contributed by atoms with van der Waals surface area (Å²) in [5.74, 6) is -1.79. The Morgan fingerprint density at radius 1 is 1.11 bits per heavy atom. The molecule has 0 aliphatic carbocycles. The van der Waals surface area contributed by atoms with Gasteiger partial charge >= 0.3 is 11.9 Å². The van der Waals surface area contributed by atoms with E-state index >= 15 is 0 Å². The summed E-state index contributed by atoms with van der Waals surface area (Å²) in [5.41, 5.74) is 0.800. The van der Waals surface area contributed by atoms with E-state index in [1.165, 1.54) is 0 Å². The van der Waals surface area contributed by atoms with Crippen molar-refractivity contribution in [2.24, 2.45) is 0 Å². The maximum absolute atomic E-state index is 11.5. The molecule has 0 amide bonds. The van der Waals surface area contributed by atoms with E-state index in [9.17, 15) is 14.7 Å². The quantitative estimate of drug-likeness (QED) is 0.746. The van der Waals surface area contributed by atoms with Crippen LogP contribution in [0.4, 0.5) is 0 Å². The first kappa shape index (κ1) is 15.1. The minimum Gasteiger partial charge on any atom is -0.467 e. The summed E-state index contributed by atoms with van der Waals surface area (Å²) >= 11 is 0. The van der Waals surface area contributed by atoms with Gasteiger partial charge in [0.1, 0.15) is 0 Å². The fraction of sp³-hybridized carbons (Fsp3) is 0.385. The molecule has 1 N–H and O–H groups in total. The molecule has 0 aliphatic heterocycles. The van der Waals surface area contributed by atoms with E-state index in [4.69, 9.17) is 4.74 Å². The second kappa shape index (κ2) is 7.50. The summed E-state index contributed by atoms with van der Waals surface area (Å²) in [4.78, 5) is 22.7. The van der Waals surface area contributed by atoms with Gasteiger partial charge in [0.05, 0.1) is 20.8 Å². The van der Waals surface area contributed by atoms with Crippen molar-refractivity contribution in [3.63, 3.8) is 0 Å². The standard InChI is InChI=1S/C13H16O6/c1-17-12(15)10(14)11(13(16)18-2)19-8-9-6-4-3-5-7-9/h3-7,10-11,14H,8H2,1-2H3/t10-,11+/m0/s1. The van der Waals surface area contributed by atoms with Crippen molar-refractivity contribution < 1.29 is 28.9 Å². The number of carbonyl (C=O) groups excluding carboxylic acids is 2. The number of aliphatic hydroxyl groups excluding tert-OH is 1. The third kappa shape index (κ3) is 4.35. The number of esters is 2. The fourth-order valence-corrected chi connectivity index (χ4v) is 1.41. The highest BCUT2D eigenvalue weighted by atomic mass is 16.6. The molecule has 0 bridgehead atoms. The van der Waals surface area contributed by atoms with Crippen LogP contribution >= 0.6 is 0 Å². The van der Waals surface area contributed by atoms with Gasteiger partial charge in [-0.2, -0.15) is 0 Å². The first-order valence-corrected chi connectivity index (χ1v) is 5.59. The van der Waals surface area contributed by atoms with Crippen LogP contribution in [-0.4, -0.2) is 43.5 Å². The number of carbonyl (C=O) groups is 2. The highest BCUT2D eigenvalue weighted by molar-refractivity contribution is 5.85. The lowest BCUT2D eigenvalue weighted by atomic mass is 10.2. The first-order valence-electron chi connectivity index (χ1n) is 5.59. The van der Waals surface area contributed by atoms with Crippen molar-refractivity contribution in [2.45, 2.75) is 18.8 Å². The Morgan fingerprint density at radius 3 is 2.21 bits per heavy atom. The Morgan fingerprint density at radius 2 is 1.68 bits per heavy atom. The maximum Gasteiger partial charge on any atom is 0.338 e. The molecule has 6 nitrogen and oxygen atoms in total. The number of hydrogen-bond donors (Lipinski definition) is 1. The van der Waals surface area contributed by atoms with Crippen LogP contribution < -0.4 is 0 Å². The SMILES string of the molecule is COC(=O)[C@@H](O)[C@@H](OCc1ccccc1)C(=O)OC. The minimum atomic E-state index is -1.72. The maximum atomic E-state index is 11.5. The van der Waals surface area contributed by atoms with E-state index in [0.29, 0.717) is 0 Å². The Balaban J connectivity index is 2.70. The largest absolute Gasteiger partial charge is 0.467 e. The first-order chi connectivity index (χ1) is 9.10. The molecule has 2 atom stereocenters. The van der Waals surface area contributed by atoms with Crippen molar-refractivity contribution in [1.29, 1.82) is 0 Å². The molecule has 0 radical (unpaired) electrons. The lowest BCUT2D eigenvalue weighted by Gasteiger charge is -2.19. The number of hydrogen-bond acceptors (Lipinski definition) is 6. The molecule has 0 fully saturated rings. The topological polar surface area (TPSA) is 82.1 Å². The summed E-state index contributed by atoms with van der Waals surface area (Å²) < 4.78 is 14.1. The molecule has 1 aromatic rings. The Labute approximate surface area is 110 Å². The molecule has 0 aromatic heterocycles. The lowest BCUT2D eigenvalue weighted by molar-refractivity contribution is -0.176. The lowest BCUT2D eigenvalue weighted by Crippen LogP contribution is -2.43. The van der Waals surface area contributed by atoms with Gasteiger partial charge in [0.15, 0.2) is 12.2 Å². The van der Waals surface area contributed by atoms with E-state index in [1.807, 2.05) is 18.2 Å². The van der Waals surface area contributed by atoms with Gasteiger partial charge in [-0.3, -0.25) is 0 Å². The van der Waals surface area contributed by atoms with Gasteiger partial charge < -0.3 is 19.3 Å². The van der Waals surface area contributed by atoms with Crippen LogP contribution in [0.2, 0.25) is 0 Å². The van der Waals surface area contributed by atoms with Crippen molar-refractivity contribution in [2.75, 3.05) is 14.2 Å². The molecule has 0 saturated carbocycles. The zero-order chi connectivity index (χ0) is 14.3. The van der Waals surface area contributed by atoms with Crippen LogP contribution in [-0.2, 0) is 30.4 Å². The molecule has 0 unspecified atom stereocenters. The van der Waals surface area contributed by atoms with Crippen LogP contribution in [0.1, 0.15) is 5.56 Å². The second-order valence-corrected chi connectivity index (χ2v) is 3.71. The molecule has 104 valence electrons. The molecule has 1 rings (SSSR count). The van der Waals surface area contributed by atoms with E-state index in [2.05, 4.69) is 9.47 Å². The van der Waals surface area contributed by atoms with Crippen LogP contribution in [0.5, 0.6) is 0 Å². The summed E-state index contributed by atoms with van der Waals surface area (Å²) in [6.45, 7) is 0.0641. The highest BCUT2D eigenvalue weighted by Gasteiger charge is 2.34. The van der Waals surface area contributed by atoms with Gasteiger partial charge in [0.2, 0.25) is 0 Å². The normalized spacial score (nSPS) is 13.4. The smallest absolute Gasteiger partial charge is 0.338 e. The average molecular weight is 268 g/mol. The van der Waals surface area contributed by atoms with Gasteiger partial charge in [-0.1, -0.05) is 30.3 Å². The highest BCUT2D eigenvalue weighted by Crippen LogP contribution is 2.09. The number of ether oxygens (including phenoxy) is 3. The average Bonchev–Trinajstić information content (AvgIpc) is 2.47. The Kier molecular flexibility index (Phi) is 5.98. The molecule has 19 heavy (non-hydrogen) atoms. The molecule has 1 aromatic carbocycles. The van der Waals surface area contributed by atoms with Gasteiger partial charge in [0, 0.05) is 0 Å². The van der Waals surface area contributed by atoms with Gasteiger partial charge in [0.25, 0.3) is 0 Å². The van der Waals surface area contributed by atoms with Gasteiger partial charge in [-0.25, -0.2) is 9.59 Å². The molecule has 0 saturated heterocycles. The molecule has 0 aliphatic rings. The van der Waals surface area contributed by atoms with E-state index in [-0.39, 0.29) is 6.61 Å².